The molecule has 0 radical (unpaired) electrons. The van der Waals surface area contributed by atoms with Gasteiger partial charge in [0.25, 0.3) is 5.91 Å². The van der Waals surface area contributed by atoms with Crippen LogP contribution in [-0.4, -0.2) is 42.0 Å². The lowest BCUT2D eigenvalue weighted by Crippen LogP contribution is -2.39. The van der Waals surface area contributed by atoms with Gasteiger partial charge in [-0.05, 0) is 30.9 Å². The minimum Gasteiger partial charge on any atom is -0.481 e. The van der Waals surface area contributed by atoms with Gasteiger partial charge in [-0.1, -0.05) is 26.0 Å². The predicted molar refractivity (Wildman–Crippen MR) is 94.4 cm³/mol. The number of benzene rings is 1. The van der Waals surface area contributed by atoms with Gasteiger partial charge < -0.3 is 15.2 Å². The molecule has 0 saturated carbocycles. The maximum atomic E-state index is 12.5. The summed E-state index contributed by atoms with van der Waals surface area (Å²) in [6, 6.07) is 7.44. The summed E-state index contributed by atoms with van der Waals surface area (Å²) in [6.45, 7) is 5.49. The van der Waals surface area contributed by atoms with E-state index in [1.165, 1.54) is 0 Å². The van der Waals surface area contributed by atoms with Crippen molar-refractivity contribution in [3.05, 3.63) is 29.8 Å². The average Bonchev–Trinajstić information content (AvgIpc) is 2.55. The molecule has 1 unspecified atom stereocenters. The van der Waals surface area contributed by atoms with Gasteiger partial charge >= 0.3 is 5.97 Å². The van der Waals surface area contributed by atoms with Gasteiger partial charge in [0.2, 0.25) is 0 Å². The minimum atomic E-state index is -0.855. The second kappa shape index (κ2) is 9.08. The van der Waals surface area contributed by atoms with Gasteiger partial charge in [0.1, 0.15) is 0 Å². The van der Waals surface area contributed by atoms with Gasteiger partial charge in [-0.15, -0.1) is 11.8 Å². The number of carbonyl (C=O) groups excluding carboxylic acids is 1. The number of aliphatic carboxylic acids is 1. The van der Waals surface area contributed by atoms with Crippen LogP contribution < -0.4 is 5.32 Å². The van der Waals surface area contributed by atoms with Gasteiger partial charge in [0, 0.05) is 29.9 Å². The maximum Gasteiger partial charge on any atom is 0.308 e. The summed E-state index contributed by atoms with van der Waals surface area (Å²) in [7, 11) is 0. The Hall–Kier alpha value is -1.53. The van der Waals surface area contributed by atoms with E-state index < -0.39 is 11.9 Å². The largest absolute Gasteiger partial charge is 0.481 e. The highest BCUT2D eigenvalue weighted by molar-refractivity contribution is 8.00. The summed E-state index contributed by atoms with van der Waals surface area (Å²) in [5, 5.41) is 12.7. The van der Waals surface area contributed by atoms with E-state index in [1.807, 2.05) is 18.2 Å². The van der Waals surface area contributed by atoms with Gasteiger partial charge in [-0.3, -0.25) is 9.59 Å². The zero-order valence-electron chi connectivity index (χ0n) is 14.2. The molecule has 1 heterocycles. The number of carboxylic acids is 1. The van der Waals surface area contributed by atoms with Crippen molar-refractivity contribution in [3.63, 3.8) is 0 Å². The quantitative estimate of drug-likeness (QED) is 0.739. The first-order chi connectivity index (χ1) is 11.5. The number of thioether (sulfide) groups is 1. The lowest BCUT2D eigenvalue weighted by molar-refractivity contribution is -0.144. The number of nitrogens with one attached hydrogen (secondary N) is 1. The Kier molecular flexibility index (Phi) is 7.12. The molecule has 1 atom stereocenters. The van der Waals surface area contributed by atoms with E-state index in [0.717, 1.165) is 17.7 Å². The number of hydrogen-bond acceptors (Lipinski definition) is 4. The van der Waals surface area contributed by atoms with Crippen molar-refractivity contribution < 1.29 is 19.4 Å². The molecule has 0 spiro atoms. The fourth-order valence-electron chi connectivity index (χ4n) is 2.88. The lowest BCUT2D eigenvalue weighted by Gasteiger charge is -2.27. The molecule has 0 aromatic heterocycles. The molecule has 24 heavy (non-hydrogen) atoms. The SMILES string of the molecule is CC(C)Sc1ccccc1C(=O)NCC(C(=O)O)C1CCOCC1. The summed E-state index contributed by atoms with van der Waals surface area (Å²) < 4.78 is 5.29. The topological polar surface area (TPSA) is 75.6 Å². The fourth-order valence-corrected chi connectivity index (χ4v) is 3.84. The van der Waals surface area contributed by atoms with Gasteiger partial charge in [0.15, 0.2) is 0 Å². The standard InChI is InChI=1S/C18H25NO4S/c1-12(2)24-16-6-4-3-5-14(16)17(20)19-11-15(18(21)22)13-7-9-23-10-8-13/h3-6,12-13,15H,7-11H2,1-2H3,(H,19,20)(H,21,22). The fraction of sp³-hybridized carbons (Fsp3) is 0.556. The van der Waals surface area contributed by atoms with Crippen LogP contribution >= 0.6 is 11.8 Å². The zero-order valence-corrected chi connectivity index (χ0v) is 15.0. The average molecular weight is 351 g/mol. The van der Waals surface area contributed by atoms with Crippen molar-refractivity contribution in [2.24, 2.45) is 11.8 Å². The van der Waals surface area contributed by atoms with Crippen LogP contribution in [0.5, 0.6) is 0 Å². The molecule has 6 heteroatoms. The monoisotopic (exact) mass is 351 g/mol. The second-order valence-electron chi connectivity index (χ2n) is 6.27. The zero-order chi connectivity index (χ0) is 17.5. The van der Waals surface area contributed by atoms with E-state index in [2.05, 4.69) is 19.2 Å². The molecular weight excluding hydrogens is 326 g/mol. The Bertz CT molecular complexity index is 570. The molecular formula is C18H25NO4S. The summed E-state index contributed by atoms with van der Waals surface area (Å²) in [4.78, 5) is 25.0. The number of carbonyl (C=O) groups is 2. The third-order valence-electron chi connectivity index (χ3n) is 4.13. The smallest absolute Gasteiger partial charge is 0.308 e. The van der Waals surface area contributed by atoms with Crippen LogP contribution in [0.4, 0.5) is 0 Å². The van der Waals surface area contributed by atoms with Crippen molar-refractivity contribution in [2.45, 2.75) is 36.8 Å². The van der Waals surface area contributed by atoms with Crippen molar-refractivity contribution >= 4 is 23.6 Å². The van der Waals surface area contributed by atoms with Crippen molar-refractivity contribution in [2.75, 3.05) is 19.8 Å². The number of amides is 1. The Morgan fingerprint density at radius 1 is 1.29 bits per heavy atom. The van der Waals surface area contributed by atoms with E-state index in [4.69, 9.17) is 4.74 Å². The Morgan fingerprint density at radius 3 is 2.58 bits per heavy atom. The molecule has 1 aromatic carbocycles. The molecule has 5 nitrogen and oxygen atoms in total. The minimum absolute atomic E-state index is 0.0526. The van der Waals surface area contributed by atoms with Crippen LogP contribution in [0.3, 0.4) is 0 Å². The van der Waals surface area contributed by atoms with Gasteiger partial charge in [0.05, 0.1) is 11.5 Å². The molecule has 0 aliphatic carbocycles. The third-order valence-corrected chi connectivity index (χ3v) is 5.21. The molecule has 1 aliphatic heterocycles. The van der Waals surface area contributed by atoms with Crippen LogP contribution in [0, 0.1) is 11.8 Å². The van der Waals surface area contributed by atoms with Crippen LogP contribution in [-0.2, 0) is 9.53 Å². The van der Waals surface area contributed by atoms with Crippen LogP contribution in [0.1, 0.15) is 37.0 Å². The first-order valence-corrected chi connectivity index (χ1v) is 9.21. The summed E-state index contributed by atoms with van der Waals surface area (Å²) >= 11 is 1.63. The van der Waals surface area contributed by atoms with Crippen LogP contribution in [0.2, 0.25) is 0 Å². The normalized spacial score (nSPS) is 16.8. The number of rotatable bonds is 7. The van der Waals surface area contributed by atoms with Crippen molar-refractivity contribution in [1.82, 2.24) is 5.32 Å². The summed E-state index contributed by atoms with van der Waals surface area (Å²) in [5.74, 6) is -1.58. The van der Waals surface area contributed by atoms with E-state index in [0.29, 0.717) is 24.0 Å². The lowest BCUT2D eigenvalue weighted by atomic mass is 9.86. The summed E-state index contributed by atoms with van der Waals surface area (Å²) in [6.07, 6.45) is 1.46. The molecule has 2 N–H and O–H groups in total. The highest BCUT2D eigenvalue weighted by atomic mass is 32.2. The Morgan fingerprint density at radius 2 is 1.96 bits per heavy atom. The number of carboxylic acid groups (broad SMARTS) is 1. The first kappa shape index (κ1) is 18.8. The molecule has 1 saturated heterocycles. The maximum absolute atomic E-state index is 12.5. The van der Waals surface area contributed by atoms with Crippen LogP contribution in [0.15, 0.2) is 29.2 Å². The molecule has 2 rings (SSSR count). The Balaban J connectivity index is 2.02. The molecule has 1 amide bonds. The molecule has 1 aromatic rings. The highest BCUT2D eigenvalue weighted by Crippen LogP contribution is 2.27. The van der Waals surface area contributed by atoms with Crippen molar-refractivity contribution in [1.29, 1.82) is 0 Å². The molecule has 0 bridgehead atoms. The first-order valence-electron chi connectivity index (χ1n) is 8.33. The predicted octanol–water partition coefficient (Wildman–Crippen LogP) is 3.04. The van der Waals surface area contributed by atoms with E-state index in [-0.39, 0.29) is 18.4 Å². The van der Waals surface area contributed by atoms with E-state index in [9.17, 15) is 14.7 Å². The summed E-state index contributed by atoms with van der Waals surface area (Å²) in [5.41, 5.74) is 0.604. The molecule has 1 aliphatic rings. The second-order valence-corrected chi connectivity index (χ2v) is 7.89. The van der Waals surface area contributed by atoms with Crippen LogP contribution in [0.25, 0.3) is 0 Å². The number of hydrogen-bond donors (Lipinski definition) is 2. The third kappa shape index (κ3) is 5.24. The van der Waals surface area contributed by atoms with E-state index >= 15 is 0 Å². The highest BCUT2D eigenvalue weighted by Gasteiger charge is 2.30. The van der Waals surface area contributed by atoms with Gasteiger partial charge in [-0.2, -0.15) is 0 Å². The molecule has 1 fully saturated rings. The Labute approximate surface area is 147 Å². The van der Waals surface area contributed by atoms with Gasteiger partial charge in [-0.25, -0.2) is 0 Å². The van der Waals surface area contributed by atoms with E-state index in [1.54, 1.807) is 17.8 Å². The van der Waals surface area contributed by atoms with Crippen molar-refractivity contribution in [3.8, 4) is 0 Å². The number of ether oxygens (including phenoxy) is 1. The molecule has 132 valence electrons.